The van der Waals surface area contributed by atoms with Gasteiger partial charge in [-0.25, -0.2) is 4.98 Å². The number of primary amides is 1. The number of nitrogens with zero attached hydrogens (tertiary/aromatic N) is 4. The average molecular weight is 460 g/mol. The first kappa shape index (κ1) is 21.7. The third-order valence-corrected chi connectivity index (χ3v) is 6.22. The minimum absolute atomic E-state index is 0.0903. The van der Waals surface area contributed by atoms with Gasteiger partial charge < -0.3 is 24.6 Å². The summed E-state index contributed by atoms with van der Waals surface area (Å²) in [5.74, 6) is 2.38. The van der Waals surface area contributed by atoms with E-state index in [2.05, 4.69) is 15.0 Å². The predicted molar refractivity (Wildman–Crippen MR) is 128 cm³/mol. The summed E-state index contributed by atoms with van der Waals surface area (Å²) in [5.41, 5.74) is 7.78. The lowest BCUT2D eigenvalue weighted by molar-refractivity contribution is -0.122. The summed E-state index contributed by atoms with van der Waals surface area (Å²) in [5, 5.41) is 5.13. The molecule has 1 fully saturated rings. The fourth-order valence-corrected chi connectivity index (χ4v) is 4.40. The Hall–Kier alpha value is -4.14. The Kier molecular flexibility index (Phi) is 5.75. The number of methoxy groups -OCH3 is 2. The molecule has 2 N–H and O–H groups in total. The van der Waals surface area contributed by atoms with Gasteiger partial charge >= 0.3 is 0 Å². The number of benzene rings is 2. The van der Waals surface area contributed by atoms with Crippen LogP contribution in [0, 0.1) is 5.92 Å². The Morgan fingerprint density at radius 2 is 1.82 bits per heavy atom. The van der Waals surface area contributed by atoms with E-state index in [0.29, 0.717) is 54.7 Å². The van der Waals surface area contributed by atoms with Crippen LogP contribution in [0.15, 0.2) is 53.1 Å². The number of nitrogens with two attached hydrogens (primary N) is 1. The smallest absolute Gasteiger partial charge is 0.259 e. The van der Waals surface area contributed by atoms with Crippen LogP contribution in [0.3, 0.4) is 0 Å². The van der Waals surface area contributed by atoms with E-state index in [4.69, 9.17) is 24.7 Å². The van der Waals surface area contributed by atoms with Gasteiger partial charge in [0.25, 0.3) is 5.89 Å². The first-order chi connectivity index (χ1) is 16.6. The summed E-state index contributed by atoms with van der Waals surface area (Å²) < 4.78 is 16.6. The molecule has 1 aliphatic heterocycles. The molecule has 34 heavy (non-hydrogen) atoms. The van der Waals surface area contributed by atoms with E-state index in [9.17, 15) is 4.79 Å². The van der Waals surface area contributed by atoms with Crippen LogP contribution in [-0.4, -0.2) is 48.3 Å². The summed E-state index contributed by atoms with van der Waals surface area (Å²) in [6.07, 6.45) is 1.42. The van der Waals surface area contributed by atoms with Gasteiger partial charge in [-0.15, -0.1) is 0 Å². The number of carbonyl (C=O) groups excluding carboxylic acids is 1. The number of rotatable bonds is 6. The molecule has 1 amide bonds. The molecule has 0 spiro atoms. The molecule has 1 saturated heterocycles. The zero-order valence-corrected chi connectivity index (χ0v) is 19.0. The fourth-order valence-electron chi connectivity index (χ4n) is 4.40. The second kappa shape index (κ2) is 9.01. The fraction of sp³-hybridized carbons (Fsp3) is 0.280. The molecule has 9 nitrogen and oxygen atoms in total. The largest absolute Gasteiger partial charge is 0.493 e. The highest BCUT2D eigenvalue weighted by Gasteiger charge is 2.25. The molecule has 2 aromatic heterocycles. The summed E-state index contributed by atoms with van der Waals surface area (Å²) in [4.78, 5) is 23.3. The molecule has 2 aromatic carbocycles. The molecule has 0 radical (unpaired) electrons. The minimum Gasteiger partial charge on any atom is -0.493 e. The predicted octanol–water partition coefficient (Wildman–Crippen LogP) is 3.67. The highest BCUT2D eigenvalue weighted by molar-refractivity contribution is 5.94. The highest BCUT2D eigenvalue weighted by Crippen LogP contribution is 2.38. The number of hydrogen-bond donors (Lipinski definition) is 1. The summed E-state index contributed by atoms with van der Waals surface area (Å²) >= 11 is 0. The van der Waals surface area contributed by atoms with Gasteiger partial charge in [0.2, 0.25) is 11.7 Å². The number of para-hydroxylation sites is 2. The Labute approximate surface area is 196 Å². The van der Waals surface area contributed by atoms with E-state index in [1.807, 2.05) is 48.5 Å². The van der Waals surface area contributed by atoms with Crippen LogP contribution < -0.4 is 20.1 Å². The van der Waals surface area contributed by atoms with Crippen molar-refractivity contribution in [1.82, 2.24) is 15.1 Å². The number of amides is 1. The third kappa shape index (κ3) is 3.89. The summed E-state index contributed by atoms with van der Waals surface area (Å²) in [6.45, 7) is 1.41. The molecule has 3 heterocycles. The van der Waals surface area contributed by atoms with Crippen LogP contribution in [-0.2, 0) is 4.79 Å². The zero-order chi connectivity index (χ0) is 23.7. The van der Waals surface area contributed by atoms with E-state index in [0.717, 1.165) is 22.3 Å². The Balaban J connectivity index is 1.55. The van der Waals surface area contributed by atoms with Crippen molar-refractivity contribution in [1.29, 1.82) is 0 Å². The van der Waals surface area contributed by atoms with Crippen molar-refractivity contribution in [2.45, 2.75) is 12.8 Å². The van der Waals surface area contributed by atoms with Gasteiger partial charge in [0.05, 0.1) is 30.9 Å². The maximum atomic E-state index is 11.6. The molecule has 0 bridgehead atoms. The van der Waals surface area contributed by atoms with Gasteiger partial charge in [-0.3, -0.25) is 4.79 Å². The lowest BCUT2D eigenvalue weighted by Crippen LogP contribution is -2.38. The molecule has 0 saturated carbocycles. The summed E-state index contributed by atoms with van der Waals surface area (Å²) in [7, 11) is 3.16. The van der Waals surface area contributed by atoms with Crippen LogP contribution in [0.2, 0.25) is 0 Å². The standard InChI is InChI=1S/C25H25N5O4/c1-32-20-9-5-7-17(22(20)33-2)24-28-25(34-29-24)18-14-21(27-19-8-4-3-6-16(18)19)30-12-10-15(11-13-30)23(26)31/h3-9,14-15H,10-13H2,1-2H3,(H2,26,31). The summed E-state index contributed by atoms with van der Waals surface area (Å²) in [6, 6.07) is 15.3. The van der Waals surface area contributed by atoms with Crippen molar-refractivity contribution in [2.75, 3.05) is 32.2 Å². The number of piperidine rings is 1. The number of hydrogen-bond acceptors (Lipinski definition) is 8. The van der Waals surface area contributed by atoms with Crippen LogP contribution in [0.25, 0.3) is 33.7 Å². The molecular weight excluding hydrogens is 434 g/mol. The molecule has 5 rings (SSSR count). The van der Waals surface area contributed by atoms with Crippen molar-refractivity contribution in [3.8, 4) is 34.3 Å². The Bertz CT molecular complexity index is 1340. The number of aromatic nitrogens is 3. The molecule has 0 unspecified atom stereocenters. The van der Waals surface area contributed by atoms with Crippen LogP contribution >= 0.6 is 0 Å². The first-order valence-corrected chi connectivity index (χ1v) is 11.1. The van der Waals surface area contributed by atoms with Gasteiger partial charge in [-0.2, -0.15) is 4.98 Å². The normalized spacial score (nSPS) is 14.4. The van der Waals surface area contributed by atoms with Gasteiger partial charge in [0.15, 0.2) is 11.5 Å². The lowest BCUT2D eigenvalue weighted by Gasteiger charge is -2.31. The highest BCUT2D eigenvalue weighted by atomic mass is 16.5. The van der Waals surface area contributed by atoms with E-state index in [-0.39, 0.29) is 11.8 Å². The zero-order valence-electron chi connectivity index (χ0n) is 19.0. The van der Waals surface area contributed by atoms with E-state index in [1.165, 1.54) is 0 Å². The van der Waals surface area contributed by atoms with Gasteiger partial charge in [0, 0.05) is 24.4 Å². The molecule has 9 heteroatoms. The number of anilines is 1. The van der Waals surface area contributed by atoms with Crippen molar-refractivity contribution in [3.63, 3.8) is 0 Å². The SMILES string of the molecule is COc1cccc(-c2noc(-c3cc(N4CCC(C(N)=O)CC4)nc4ccccc34)n2)c1OC. The van der Waals surface area contributed by atoms with Crippen LogP contribution in [0.5, 0.6) is 11.5 Å². The molecule has 0 aliphatic carbocycles. The number of fused-ring (bicyclic) bond motifs is 1. The molecule has 0 atom stereocenters. The van der Waals surface area contributed by atoms with Gasteiger partial charge in [-0.1, -0.05) is 29.4 Å². The second-order valence-electron chi connectivity index (χ2n) is 8.17. The Morgan fingerprint density at radius 3 is 2.56 bits per heavy atom. The van der Waals surface area contributed by atoms with Crippen molar-refractivity contribution in [2.24, 2.45) is 11.7 Å². The molecule has 1 aliphatic rings. The quantitative estimate of drug-likeness (QED) is 0.464. The van der Waals surface area contributed by atoms with Crippen molar-refractivity contribution < 1.29 is 18.8 Å². The molecular formula is C25H25N5O4. The molecule has 4 aromatic rings. The second-order valence-corrected chi connectivity index (χ2v) is 8.17. The maximum absolute atomic E-state index is 11.6. The van der Waals surface area contributed by atoms with Crippen molar-refractivity contribution >= 4 is 22.6 Å². The maximum Gasteiger partial charge on any atom is 0.259 e. The molecule has 174 valence electrons. The van der Waals surface area contributed by atoms with Gasteiger partial charge in [-0.05, 0) is 37.1 Å². The van der Waals surface area contributed by atoms with Crippen LogP contribution in [0.4, 0.5) is 5.82 Å². The first-order valence-electron chi connectivity index (χ1n) is 11.1. The third-order valence-electron chi connectivity index (χ3n) is 6.22. The Morgan fingerprint density at radius 1 is 1.03 bits per heavy atom. The van der Waals surface area contributed by atoms with E-state index < -0.39 is 0 Å². The number of pyridine rings is 1. The lowest BCUT2D eigenvalue weighted by atomic mass is 9.96. The van der Waals surface area contributed by atoms with E-state index >= 15 is 0 Å². The number of carbonyl (C=O) groups is 1. The monoisotopic (exact) mass is 459 g/mol. The average Bonchev–Trinajstić information content (AvgIpc) is 3.37. The van der Waals surface area contributed by atoms with Crippen LogP contribution in [0.1, 0.15) is 12.8 Å². The topological polar surface area (TPSA) is 117 Å². The minimum atomic E-state index is -0.238. The number of ether oxygens (including phenoxy) is 2. The van der Waals surface area contributed by atoms with E-state index in [1.54, 1.807) is 14.2 Å². The van der Waals surface area contributed by atoms with Gasteiger partial charge in [0.1, 0.15) is 5.82 Å². The van der Waals surface area contributed by atoms with Crippen molar-refractivity contribution in [3.05, 3.63) is 48.5 Å².